The molecule has 5 aliphatic rings. The van der Waals surface area contributed by atoms with E-state index in [0.717, 1.165) is 12.0 Å². The molecule has 1 saturated heterocycles. The molecule has 1 aromatic carbocycles. The van der Waals surface area contributed by atoms with Gasteiger partial charge in [0.15, 0.2) is 0 Å². The molecule has 7 atom stereocenters. The van der Waals surface area contributed by atoms with Crippen molar-refractivity contribution in [2.24, 2.45) is 35.5 Å². The minimum atomic E-state index is -0.843. The first-order valence-corrected chi connectivity index (χ1v) is 9.88. The smallest absolute Gasteiger partial charge is 0.247 e. The van der Waals surface area contributed by atoms with Crippen LogP contribution in [0.15, 0.2) is 30.4 Å². The summed E-state index contributed by atoms with van der Waals surface area (Å²) in [5.74, 6) is 0.145. The Hall–Kier alpha value is -2.14. The molecule has 0 aromatic heterocycles. The molecule has 27 heavy (non-hydrogen) atoms. The van der Waals surface area contributed by atoms with Crippen LogP contribution >= 0.6 is 11.6 Å². The zero-order valence-corrected chi connectivity index (χ0v) is 15.9. The number of amides is 3. The average molecular weight is 385 g/mol. The van der Waals surface area contributed by atoms with Gasteiger partial charge in [-0.15, -0.1) is 0 Å². The number of imide groups is 1. The third-order valence-electron chi connectivity index (χ3n) is 6.92. The van der Waals surface area contributed by atoms with Gasteiger partial charge >= 0.3 is 0 Å². The maximum atomic E-state index is 13.1. The molecule has 6 heteroatoms. The fourth-order valence-corrected chi connectivity index (χ4v) is 5.62. The van der Waals surface area contributed by atoms with Crippen LogP contribution in [-0.2, 0) is 14.4 Å². The van der Waals surface area contributed by atoms with Gasteiger partial charge in [-0.05, 0) is 61.6 Å². The third kappa shape index (κ3) is 2.34. The van der Waals surface area contributed by atoms with Crippen LogP contribution in [0.4, 0.5) is 5.69 Å². The van der Waals surface area contributed by atoms with Crippen molar-refractivity contribution in [1.82, 2.24) is 4.90 Å². The molecule has 140 valence electrons. The summed E-state index contributed by atoms with van der Waals surface area (Å²) in [5.41, 5.74) is 1.47. The molecule has 2 saturated carbocycles. The number of carbonyl (C=O) groups excluding carboxylic acids is 3. The number of nitrogens with zero attached hydrogens (tertiary/aromatic N) is 1. The highest BCUT2D eigenvalue weighted by Crippen LogP contribution is 2.65. The lowest BCUT2D eigenvalue weighted by molar-refractivity contribution is -0.146. The Morgan fingerprint density at radius 3 is 2.33 bits per heavy atom. The van der Waals surface area contributed by atoms with Crippen molar-refractivity contribution in [3.63, 3.8) is 0 Å². The Morgan fingerprint density at radius 2 is 1.74 bits per heavy atom. The topological polar surface area (TPSA) is 66.5 Å². The van der Waals surface area contributed by atoms with E-state index < -0.39 is 6.04 Å². The second-order valence-corrected chi connectivity index (χ2v) is 8.76. The number of anilines is 1. The van der Waals surface area contributed by atoms with Crippen molar-refractivity contribution in [2.45, 2.75) is 26.3 Å². The molecule has 3 fully saturated rings. The fraction of sp³-hybridized carbons (Fsp3) is 0.476. The monoisotopic (exact) mass is 384 g/mol. The molecule has 6 rings (SSSR count). The third-order valence-corrected chi connectivity index (χ3v) is 7.16. The SMILES string of the molecule is Cc1ccc(Cl)cc1NC(=O)[C@@H](C)N1C(=O)[C@H]2[C@@H]3C=C[C@H]([C@H]4C[C@H]34)[C@@H]2C1=O. The molecule has 5 nitrogen and oxygen atoms in total. The predicted molar refractivity (Wildman–Crippen MR) is 101 cm³/mol. The molecule has 1 aromatic rings. The van der Waals surface area contributed by atoms with Crippen LogP contribution in [0.1, 0.15) is 18.9 Å². The molecule has 0 unspecified atom stereocenters. The lowest BCUT2D eigenvalue weighted by Crippen LogP contribution is -2.46. The molecule has 3 amide bonds. The van der Waals surface area contributed by atoms with Crippen LogP contribution in [0.3, 0.4) is 0 Å². The Balaban J connectivity index is 1.39. The normalized spacial score (nSPS) is 36.5. The van der Waals surface area contributed by atoms with Crippen molar-refractivity contribution in [1.29, 1.82) is 0 Å². The summed E-state index contributed by atoms with van der Waals surface area (Å²) in [6.45, 7) is 3.49. The minimum Gasteiger partial charge on any atom is -0.324 e. The Morgan fingerprint density at radius 1 is 1.15 bits per heavy atom. The van der Waals surface area contributed by atoms with Gasteiger partial charge in [0, 0.05) is 10.7 Å². The van der Waals surface area contributed by atoms with Gasteiger partial charge in [0.2, 0.25) is 17.7 Å². The fourth-order valence-electron chi connectivity index (χ4n) is 5.45. The Bertz CT molecular complexity index is 875. The van der Waals surface area contributed by atoms with E-state index in [1.54, 1.807) is 19.1 Å². The number of halogens is 1. The zero-order valence-electron chi connectivity index (χ0n) is 15.2. The number of rotatable bonds is 3. The van der Waals surface area contributed by atoms with Crippen LogP contribution in [-0.4, -0.2) is 28.7 Å². The first kappa shape index (κ1) is 17.0. The number of hydrogen-bond donors (Lipinski definition) is 1. The van der Waals surface area contributed by atoms with Gasteiger partial charge in [-0.1, -0.05) is 29.8 Å². The predicted octanol–water partition coefficient (Wildman–Crippen LogP) is 3.03. The number of benzene rings is 1. The first-order chi connectivity index (χ1) is 12.9. The summed E-state index contributed by atoms with van der Waals surface area (Å²) in [4.78, 5) is 40.2. The van der Waals surface area contributed by atoms with E-state index >= 15 is 0 Å². The number of allylic oxidation sites excluding steroid dienone is 2. The number of aryl methyl sites for hydroxylation is 1. The van der Waals surface area contributed by atoms with Gasteiger partial charge in [-0.3, -0.25) is 19.3 Å². The molecule has 0 spiro atoms. The Kier molecular flexibility index (Phi) is 3.57. The van der Waals surface area contributed by atoms with Gasteiger partial charge in [0.1, 0.15) is 6.04 Å². The molecule has 0 radical (unpaired) electrons. The van der Waals surface area contributed by atoms with Gasteiger partial charge in [0.05, 0.1) is 11.8 Å². The quantitative estimate of drug-likeness (QED) is 0.643. The summed E-state index contributed by atoms with van der Waals surface area (Å²) in [5, 5.41) is 3.34. The Labute approximate surface area is 162 Å². The lowest BCUT2D eigenvalue weighted by Gasteiger charge is -2.37. The number of nitrogens with one attached hydrogen (secondary N) is 1. The number of hydrogen-bond acceptors (Lipinski definition) is 3. The second kappa shape index (κ2) is 5.68. The summed E-state index contributed by atoms with van der Waals surface area (Å²) in [6.07, 6.45) is 5.39. The van der Waals surface area contributed by atoms with E-state index in [1.165, 1.54) is 4.90 Å². The standard InChI is InChI=1S/C21H21ClN2O3/c1-9-3-4-11(22)7-16(9)23-19(25)10(2)24-20(26)17-12-5-6-13(15-8-14(12)15)18(17)21(24)27/h3-7,10,12-15,17-18H,8H2,1-2H3,(H,23,25)/t10-,12-,13-,14-,15-,17+,18+/m1/s1. The summed E-state index contributed by atoms with van der Waals surface area (Å²) in [6, 6.07) is 4.40. The van der Waals surface area contributed by atoms with Crippen molar-refractivity contribution < 1.29 is 14.4 Å². The maximum absolute atomic E-state index is 13.1. The molecule has 1 aliphatic heterocycles. The van der Waals surface area contributed by atoms with Crippen LogP contribution in [0, 0.1) is 42.4 Å². The van der Waals surface area contributed by atoms with Crippen molar-refractivity contribution in [2.75, 3.05) is 5.32 Å². The van der Waals surface area contributed by atoms with Crippen LogP contribution in [0.2, 0.25) is 5.02 Å². The van der Waals surface area contributed by atoms with E-state index in [4.69, 9.17) is 11.6 Å². The summed E-state index contributed by atoms with van der Waals surface area (Å²) < 4.78 is 0. The van der Waals surface area contributed by atoms with Crippen LogP contribution < -0.4 is 5.32 Å². The molecule has 2 bridgehead atoms. The maximum Gasteiger partial charge on any atom is 0.247 e. The molecule has 1 heterocycles. The van der Waals surface area contributed by atoms with Gasteiger partial charge < -0.3 is 5.32 Å². The van der Waals surface area contributed by atoms with Crippen LogP contribution in [0.5, 0.6) is 0 Å². The average Bonchev–Trinajstić information content (AvgIpc) is 3.42. The van der Waals surface area contributed by atoms with E-state index in [0.29, 0.717) is 22.5 Å². The first-order valence-electron chi connectivity index (χ1n) is 9.50. The van der Waals surface area contributed by atoms with Crippen LogP contribution in [0.25, 0.3) is 0 Å². The van der Waals surface area contributed by atoms with Crippen molar-refractivity contribution >= 4 is 35.0 Å². The molecular formula is C21H21ClN2O3. The highest BCUT2D eigenvalue weighted by Gasteiger charge is 2.67. The van der Waals surface area contributed by atoms with E-state index in [-0.39, 0.29) is 41.4 Å². The van der Waals surface area contributed by atoms with Crippen molar-refractivity contribution in [3.05, 3.63) is 40.9 Å². The molecule has 1 N–H and O–H groups in total. The largest absolute Gasteiger partial charge is 0.324 e. The van der Waals surface area contributed by atoms with Gasteiger partial charge in [-0.25, -0.2) is 0 Å². The van der Waals surface area contributed by atoms with Gasteiger partial charge in [0.25, 0.3) is 0 Å². The number of carbonyl (C=O) groups is 3. The second-order valence-electron chi connectivity index (χ2n) is 8.33. The zero-order chi connectivity index (χ0) is 19.0. The van der Waals surface area contributed by atoms with Crippen molar-refractivity contribution in [3.8, 4) is 0 Å². The number of likely N-dealkylation sites (tertiary alicyclic amines) is 1. The van der Waals surface area contributed by atoms with E-state index in [2.05, 4.69) is 17.5 Å². The summed E-state index contributed by atoms with van der Waals surface area (Å²) >= 11 is 6.02. The highest BCUT2D eigenvalue weighted by molar-refractivity contribution is 6.31. The van der Waals surface area contributed by atoms with E-state index in [9.17, 15) is 14.4 Å². The van der Waals surface area contributed by atoms with E-state index in [1.807, 2.05) is 13.0 Å². The molecular weight excluding hydrogens is 364 g/mol. The van der Waals surface area contributed by atoms with Gasteiger partial charge in [-0.2, -0.15) is 0 Å². The minimum absolute atomic E-state index is 0.164. The lowest BCUT2D eigenvalue weighted by atomic mass is 9.63. The highest BCUT2D eigenvalue weighted by atomic mass is 35.5. The molecule has 4 aliphatic carbocycles. The summed E-state index contributed by atoms with van der Waals surface area (Å²) in [7, 11) is 0.